The highest BCUT2D eigenvalue weighted by Gasteiger charge is 2.70. The molecule has 0 saturated carbocycles. The zero-order valence-electron chi connectivity index (χ0n) is 16.3. The van der Waals surface area contributed by atoms with Gasteiger partial charge in [0.25, 0.3) is 0 Å². The second kappa shape index (κ2) is 6.71. The fourth-order valence-electron chi connectivity index (χ4n) is 5.15. The molecule has 3 heterocycles. The monoisotopic (exact) mass is 422 g/mol. The van der Waals surface area contributed by atoms with E-state index in [0.29, 0.717) is 5.69 Å². The van der Waals surface area contributed by atoms with Gasteiger partial charge in [0.1, 0.15) is 11.4 Å². The van der Waals surface area contributed by atoms with Crippen molar-refractivity contribution in [2.75, 3.05) is 5.32 Å². The lowest BCUT2D eigenvalue weighted by molar-refractivity contribution is -0.143. The van der Waals surface area contributed by atoms with Crippen LogP contribution in [0.25, 0.3) is 0 Å². The summed E-state index contributed by atoms with van der Waals surface area (Å²) < 4.78 is 14.1. The Hall–Kier alpha value is -3.59. The lowest BCUT2D eigenvalue weighted by Gasteiger charge is -2.29. The summed E-state index contributed by atoms with van der Waals surface area (Å²) in [5.74, 6) is -4.91. The summed E-state index contributed by atoms with van der Waals surface area (Å²) in [6.45, 7) is 0.0442. The summed E-state index contributed by atoms with van der Waals surface area (Å²) in [4.78, 5) is 52.8. The number of fused-ring (bicyclic) bond motifs is 4. The third kappa shape index (κ3) is 2.70. The van der Waals surface area contributed by atoms with Gasteiger partial charge in [0.2, 0.25) is 23.6 Å². The fourth-order valence-corrected chi connectivity index (χ4v) is 5.15. The first kappa shape index (κ1) is 19.4. The Morgan fingerprint density at radius 2 is 1.84 bits per heavy atom. The highest BCUT2D eigenvalue weighted by Crippen LogP contribution is 2.53. The standard InChI is InChI=1S/C22H19FN4O4/c23-12-6-7-14-13(8-12)22(21(31)25-14)18-17(15(26-22)9-16(24)28)19(29)27(20(18)30)10-11-4-2-1-3-5-11/h1-8,15,17-18,26H,9-10H2,(H2,24,28)(H,25,31)/t15?,17-,18+,22?/m0/s1. The van der Waals surface area contributed by atoms with Crippen molar-refractivity contribution in [2.45, 2.75) is 24.5 Å². The molecule has 3 aliphatic heterocycles. The van der Waals surface area contributed by atoms with Crippen molar-refractivity contribution < 1.29 is 23.6 Å². The number of amides is 4. The van der Waals surface area contributed by atoms with Gasteiger partial charge in [-0.25, -0.2) is 4.39 Å². The molecule has 2 aromatic carbocycles. The molecular formula is C22H19FN4O4. The molecular weight excluding hydrogens is 403 g/mol. The molecule has 1 spiro atoms. The van der Waals surface area contributed by atoms with E-state index in [1.807, 2.05) is 6.07 Å². The molecule has 2 unspecified atom stereocenters. The summed E-state index contributed by atoms with van der Waals surface area (Å²) in [7, 11) is 0. The molecule has 5 rings (SSSR count). The number of carbonyl (C=O) groups is 4. The summed E-state index contributed by atoms with van der Waals surface area (Å²) in [5, 5.41) is 5.71. The number of halogens is 1. The number of hydrogen-bond donors (Lipinski definition) is 3. The topological polar surface area (TPSA) is 122 Å². The van der Waals surface area contributed by atoms with Crippen LogP contribution >= 0.6 is 0 Å². The molecule has 4 N–H and O–H groups in total. The molecule has 31 heavy (non-hydrogen) atoms. The molecule has 3 aliphatic rings. The molecule has 0 bridgehead atoms. The van der Waals surface area contributed by atoms with Crippen LogP contribution in [0.2, 0.25) is 0 Å². The third-order valence-corrected chi connectivity index (χ3v) is 6.37. The molecule has 0 radical (unpaired) electrons. The van der Waals surface area contributed by atoms with E-state index in [1.54, 1.807) is 24.3 Å². The highest BCUT2D eigenvalue weighted by molar-refractivity contribution is 6.15. The Bertz CT molecular complexity index is 1140. The van der Waals surface area contributed by atoms with Crippen LogP contribution < -0.4 is 16.4 Å². The van der Waals surface area contributed by atoms with Gasteiger partial charge >= 0.3 is 0 Å². The summed E-state index contributed by atoms with van der Waals surface area (Å²) >= 11 is 0. The molecule has 9 heteroatoms. The van der Waals surface area contributed by atoms with E-state index in [1.165, 1.54) is 18.2 Å². The van der Waals surface area contributed by atoms with E-state index >= 15 is 0 Å². The lowest BCUT2D eigenvalue weighted by Crippen LogP contribution is -2.53. The number of nitrogens with zero attached hydrogens (tertiary/aromatic N) is 1. The van der Waals surface area contributed by atoms with Gasteiger partial charge in [0.15, 0.2) is 0 Å². The number of benzene rings is 2. The molecule has 8 nitrogen and oxygen atoms in total. The van der Waals surface area contributed by atoms with Gasteiger partial charge in [-0.05, 0) is 23.8 Å². The Kier molecular flexibility index (Phi) is 4.19. The number of carbonyl (C=O) groups excluding carboxylic acids is 4. The average Bonchev–Trinajstić information content (AvgIpc) is 3.29. The van der Waals surface area contributed by atoms with Crippen LogP contribution in [0.3, 0.4) is 0 Å². The van der Waals surface area contributed by atoms with E-state index in [0.717, 1.165) is 10.5 Å². The zero-order chi connectivity index (χ0) is 21.9. The number of nitrogens with one attached hydrogen (secondary N) is 2. The van der Waals surface area contributed by atoms with Gasteiger partial charge in [-0.1, -0.05) is 30.3 Å². The number of primary amides is 1. The maximum Gasteiger partial charge on any atom is 0.250 e. The first-order chi connectivity index (χ1) is 14.8. The number of imide groups is 1. The molecule has 0 aliphatic carbocycles. The van der Waals surface area contributed by atoms with Crippen molar-refractivity contribution in [3.05, 3.63) is 65.5 Å². The molecule has 2 aromatic rings. The minimum Gasteiger partial charge on any atom is -0.370 e. The average molecular weight is 422 g/mol. The molecule has 2 fully saturated rings. The number of rotatable bonds is 4. The van der Waals surface area contributed by atoms with Gasteiger partial charge in [-0.15, -0.1) is 0 Å². The Balaban J connectivity index is 1.62. The van der Waals surface area contributed by atoms with Crippen molar-refractivity contribution in [3.8, 4) is 0 Å². The SMILES string of the molecule is NC(=O)CC1NC2(C(=O)Nc3ccc(F)cc32)[C@H]2C(=O)N(Cc3ccccc3)C(=O)[C@@H]12. The van der Waals surface area contributed by atoms with Crippen molar-refractivity contribution in [3.63, 3.8) is 0 Å². The van der Waals surface area contributed by atoms with Gasteiger partial charge in [-0.3, -0.25) is 29.4 Å². The fraction of sp³-hybridized carbons (Fsp3) is 0.273. The number of anilines is 1. The second-order valence-corrected chi connectivity index (χ2v) is 8.12. The quantitative estimate of drug-likeness (QED) is 0.624. The Morgan fingerprint density at radius 3 is 2.55 bits per heavy atom. The van der Waals surface area contributed by atoms with E-state index in [2.05, 4.69) is 10.6 Å². The first-order valence-electron chi connectivity index (χ1n) is 9.89. The number of hydrogen-bond acceptors (Lipinski definition) is 5. The van der Waals surface area contributed by atoms with Crippen LogP contribution in [0.1, 0.15) is 17.5 Å². The molecule has 0 aromatic heterocycles. The van der Waals surface area contributed by atoms with Crippen LogP contribution in [0.15, 0.2) is 48.5 Å². The second-order valence-electron chi connectivity index (χ2n) is 8.12. The first-order valence-corrected chi connectivity index (χ1v) is 9.89. The van der Waals surface area contributed by atoms with Crippen LogP contribution in [0, 0.1) is 17.7 Å². The molecule has 4 atom stereocenters. The molecule has 4 amide bonds. The van der Waals surface area contributed by atoms with Gasteiger partial charge in [0, 0.05) is 23.7 Å². The Labute approximate surface area is 176 Å². The summed E-state index contributed by atoms with van der Waals surface area (Å²) in [6, 6.07) is 12.0. The van der Waals surface area contributed by atoms with E-state index in [4.69, 9.17) is 5.73 Å². The van der Waals surface area contributed by atoms with E-state index < -0.39 is 52.9 Å². The maximum atomic E-state index is 14.1. The van der Waals surface area contributed by atoms with Crippen LogP contribution in [-0.4, -0.2) is 34.6 Å². The van der Waals surface area contributed by atoms with Crippen molar-refractivity contribution in [1.29, 1.82) is 0 Å². The van der Waals surface area contributed by atoms with Crippen molar-refractivity contribution in [2.24, 2.45) is 17.6 Å². The summed E-state index contributed by atoms with van der Waals surface area (Å²) in [5.41, 5.74) is 5.09. The normalized spacial score (nSPS) is 28.7. The lowest BCUT2D eigenvalue weighted by atomic mass is 9.76. The molecule has 158 valence electrons. The third-order valence-electron chi connectivity index (χ3n) is 6.37. The smallest absolute Gasteiger partial charge is 0.250 e. The summed E-state index contributed by atoms with van der Waals surface area (Å²) in [6.07, 6.45) is -0.237. The zero-order valence-corrected chi connectivity index (χ0v) is 16.3. The minimum absolute atomic E-state index is 0.0442. The minimum atomic E-state index is -1.65. The van der Waals surface area contributed by atoms with Crippen LogP contribution in [0.4, 0.5) is 10.1 Å². The predicted molar refractivity (Wildman–Crippen MR) is 106 cm³/mol. The highest BCUT2D eigenvalue weighted by atomic mass is 19.1. The Morgan fingerprint density at radius 1 is 1.10 bits per heavy atom. The maximum absolute atomic E-state index is 14.1. The number of nitrogens with two attached hydrogens (primary N) is 1. The van der Waals surface area contributed by atoms with Crippen LogP contribution in [0.5, 0.6) is 0 Å². The van der Waals surface area contributed by atoms with Crippen molar-refractivity contribution >= 4 is 29.3 Å². The number of likely N-dealkylation sites (tertiary alicyclic amines) is 1. The van der Waals surface area contributed by atoms with E-state index in [9.17, 15) is 23.6 Å². The van der Waals surface area contributed by atoms with Crippen LogP contribution in [-0.2, 0) is 31.3 Å². The predicted octanol–water partition coefficient (Wildman–Crippen LogP) is 0.622. The van der Waals surface area contributed by atoms with Gasteiger partial charge < -0.3 is 11.1 Å². The van der Waals surface area contributed by atoms with Gasteiger partial charge in [-0.2, -0.15) is 0 Å². The van der Waals surface area contributed by atoms with E-state index in [-0.39, 0.29) is 18.5 Å². The van der Waals surface area contributed by atoms with Gasteiger partial charge in [0.05, 0.1) is 18.4 Å². The largest absolute Gasteiger partial charge is 0.370 e. The molecule has 2 saturated heterocycles. The van der Waals surface area contributed by atoms with Crippen molar-refractivity contribution in [1.82, 2.24) is 10.2 Å².